The number of phenolic OH excluding ortho intramolecular Hbond substituents is 2. The third kappa shape index (κ3) is 11.4. The van der Waals surface area contributed by atoms with E-state index in [0.717, 1.165) is 6.07 Å². The number of nitrogens with one attached hydrogen (secondary N) is 4. The predicted molar refractivity (Wildman–Crippen MR) is 230 cm³/mol. The second kappa shape index (κ2) is 20.9. The number of nitrogens with zero attached hydrogens (tertiary/aromatic N) is 1. The summed E-state index contributed by atoms with van der Waals surface area (Å²) in [5, 5.41) is 44.8. The highest BCUT2D eigenvalue weighted by molar-refractivity contribution is 6.07. The van der Waals surface area contributed by atoms with Gasteiger partial charge in [-0.15, -0.1) is 0 Å². The summed E-state index contributed by atoms with van der Waals surface area (Å²) in [6, 6.07) is 5.07. The number of benzene rings is 2. The number of allylic oxidation sites excluding steroid dienone is 2. The fourth-order valence-corrected chi connectivity index (χ4v) is 7.64. The van der Waals surface area contributed by atoms with Crippen LogP contribution in [0.2, 0.25) is 0 Å². The summed E-state index contributed by atoms with van der Waals surface area (Å²) in [4.78, 5) is 76.9. The molecule has 1 saturated heterocycles. The first kappa shape index (κ1) is 47.4. The van der Waals surface area contributed by atoms with Crippen molar-refractivity contribution in [3.63, 3.8) is 0 Å². The molecule has 0 radical (unpaired) electrons. The minimum Gasteiger partial charge on any atom is -0.506 e. The maximum absolute atomic E-state index is 13.3. The zero-order valence-electron chi connectivity index (χ0n) is 35.9. The lowest BCUT2D eigenvalue weighted by Gasteiger charge is -2.29. The topological polar surface area (TPSA) is 277 Å². The molecule has 3 aliphatic rings. The Labute approximate surface area is 363 Å². The summed E-state index contributed by atoms with van der Waals surface area (Å²) in [5.41, 5.74) is 7.76. The summed E-state index contributed by atoms with van der Waals surface area (Å²) in [5.74, 6) is -3.31. The molecule has 2 aromatic rings. The summed E-state index contributed by atoms with van der Waals surface area (Å²) in [7, 11) is 2.84. The van der Waals surface area contributed by atoms with Crippen LogP contribution in [0, 0.1) is 5.92 Å². The Kier molecular flexibility index (Phi) is 15.7. The summed E-state index contributed by atoms with van der Waals surface area (Å²) < 4.78 is 22.1. The molecule has 2 bridgehead atoms. The molecule has 0 spiro atoms. The van der Waals surface area contributed by atoms with Crippen LogP contribution in [0.15, 0.2) is 65.3 Å². The van der Waals surface area contributed by atoms with E-state index in [1.807, 2.05) is 0 Å². The molecule has 6 amide bonds. The number of piperidine rings is 1. The zero-order valence-corrected chi connectivity index (χ0v) is 35.9. The fourth-order valence-electron chi connectivity index (χ4n) is 7.64. The van der Waals surface area contributed by atoms with Crippen molar-refractivity contribution in [2.24, 2.45) is 11.7 Å². The van der Waals surface area contributed by atoms with Crippen LogP contribution >= 0.6 is 0 Å². The van der Waals surface area contributed by atoms with E-state index in [1.54, 1.807) is 57.2 Å². The van der Waals surface area contributed by atoms with E-state index >= 15 is 0 Å². The number of hydrogen-bond acceptors (Lipinski definition) is 14. The van der Waals surface area contributed by atoms with E-state index < -0.39 is 77.9 Å². The lowest BCUT2D eigenvalue weighted by Crippen LogP contribution is -2.52. The van der Waals surface area contributed by atoms with Gasteiger partial charge in [0.25, 0.3) is 11.8 Å². The average molecular weight is 875 g/mol. The van der Waals surface area contributed by atoms with Gasteiger partial charge >= 0.3 is 12.2 Å². The van der Waals surface area contributed by atoms with Crippen LogP contribution in [0.3, 0.4) is 0 Å². The Morgan fingerprint density at radius 1 is 1.05 bits per heavy atom. The van der Waals surface area contributed by atoms with Crippen LogP contribution in [0.4, 0.5) is 26.7 Å². The number of ether oxygens (including phenoxy) is 4. The molecule has 63 heavy (non-hydrogen) atoms. The van der Waals surface area contributed by atoms with Crippen LogP contribution in [0.25, 0.3) is 6.08 Å². The lowest BCUT2D eigenvalue weighted by atomic mass is 9.91. The standard InChI is InChI=1S/C44H54N6O13/c1-22-17-27-36(46-15-16-62-44(59)48-29-11-8-10-26-28(29)21-50(42(26)57)31-13-14-35(52)49-41(31)56)32(51)20-30(38(27)54)47-40(55)23(2)9-7-12-33(60-5)39(63-43(45)58)25(4)19-24(3)37(53)34(18-22)61-6/h7-12,17,19-20,24,31,33-34,37,39,46,51,53-54H,13-16,18,21H2,1-6H3,(H2,45,58)(H,47,55)(H,48,59)(H,49,52,56)/b12-7-,22-17-,23-9?,25-19?. The van der Waals surface area contributed by atoms with Gasteiger partial charge in [0.15, 0.2) is 6.10 Å². The molecule has 0 aliphatic carbocycles. The number of imide groups is 1. The van der Waals surface area contributed by atoms with Crippen LogP contribution in [-0.2, 0) is 39.9 Å². The monoisotopic (exact) mass is 874 g/mol. The van der Waals surface area contributed by atoms with Gasteiger partial charge in [0.1, 0.15) is 30.3 Å². The maximum atomic E-state index is 13.3. The number of rotatable bonds is 9. The van der Waals surface area contributed by atoms with Gasteiger partial charge in [-0.05, 0) is 57.4 Å². The van der Waals surface area contributed by atoms with Gasteiger partial charge in [-0.2, -0.15) is 0 Å². The van der Waals surface area contributed by atoms with Gasteiger partial charge < -0.3 is 55.5 Å². The largest absolute Gasteiger partial charge is 0.506 e. The highest BCUT2D eigenvalue weighted by Gasteiger charge is 2.40. The molecule has 9 N–H and O–H groups in total. The molecule has 6 unspecified atom stereocenters. The average Bonchev–Trinajstić information content (AvgIpc) is 3.57. The van der Waals surface area contributed by atoms with Crippen LogP contribution in [0.5, 0.6) is 11.5 Å². The fraction of sp³-hybridized carbons (Fsp3) is 0.409. The first-order valence-electron chi connectivity index (χ1n) is 20.2. The molecular formula is C44H54N6O13. The van der Waals surface area contributed by atoms with E-state index in [9.17, 15) is 44.1 Å². The Morgan fingerprint density at radius 3 is 2.48 bits per heavy atom. The highest BCUT2D eigenvalue weighted by atomic mass is 16.6. The second-order valence-corrected chi connectivity index (χ2v) is 15.5. The van der Waals surface area contributed by atoms with E-state index in [-0.39, 0.29) is 67.2 Å². The van der Waals surface area contributed by atoms with Gasteiger partial charge in [-0.3, -0.25) is 29.8 Å². The minimum absolute atomic E-state index is 0.0309. The number of carbonyl (C=O) groups is 6. The SMILES string of the molecule is COC1/C=C\C=C(C)C(=O)Nc2cc(O)c(NCCOC(=O)Nc3cccc4c3CN(C3CCC(=O)NC3=O)C4=O)c(c2O)/C=C(/C)CC(OC)C(O)C(C)C=C(C)C1OC(N)=O. The van der Waals surface area contributed by atoms with E-state index in [2.05, 4.69) is 21.3 Å². The minimum atomic E-state index is -1.08. The summed E-state index contributed by atoms with van der Waals surface area (Å²) >= 11 is 0. The lowest BCUT2D eigenvalue weighted by molar-refractivity contribution is -0.137. The molecule has 0 saturated carbocycles. The Morgan fingerprint density at radius 2 is 1.79 bits per heavy atom. The molecule has 5 rings (SSSR count). The number of primary amides is 1. The van der Waals surface area contributed by atoms with Crippen molar-refractivity contribution in [3.05, 3.63) is 82.0 Å². The van der Waals surface area contributed by atoms with Gasteiger partial charge in [-0.1, -0.05) is 42.9 Å². The predicted octanol–water partition coefficient (Wildman–Crippen LogP) is 4.20. The quantitative estimate of drug-likeness (QED) is 0.0577. The molecule has 19 heteroatoms. The van der Waals surface area contributed by atoms with E-state index in [0.29, 0.717) is 28.0 Å². The summed E-state index contributed by atoms with van der Waals surface area (Å²) in [6.07, 6.45) is 2.67. The van der Waals surface area contributed by atoms with Crippen molar-refractivity contribution in [2.45, 2.75) is 84.0 Å². The molecule has 0 aromatic heterocycles. The molecule has 338 valence electrons. The zero-order chi connectivity index (χ0) is 46.1. The number of carbonyl (C=O) groups excluding carboxylic acids is 6. The number of hydrogen-bond donors (Lipinski definition) is 8. The van der Waals surface area contributed by atoms with Crippen LogP contribution < -0.4 is 27.0 Å². The number of fused-ring (bicyclic) bond motifs is 3. The number of nitrogens with two attached hydrogens (primary N) is 1. The highest BCUT2D eigenvalue weighted by Crippen LogP contribution is 2.42. The van der Waals surface area contributed by atoms with Crippen LogP contribution in [0.1, 0.15) is 68.4 Å². The van der Waals surface area contributed by atoms with Crippen molar-refractivity contribution in [1.82, 2.24) is 10.2 Å². The maximum Gasteiger partial charge on any atom is 0.411 e. The molecule has 2 aromatic carbocycles. The number of aliphatic hydroxyl groups excluding tert-OH is 1. The van der Waals surface area contributed by atoms with E-state index in [1.165, 1.54) is 38.2 Å². The Bertz CT molecular complexity index is 2250. The molecule has 3 heterocycles. The number of amides is 6. The van der Waals surface area contributed by atoms with Gasteiger partial charge in [0.05, 0.1) is 23.6 Å². The summed E-state index contributed by atoms with van der Waals surface area (Å²) in [6.45, 7) is 6.43. The van der Waals surface area contributed by atoms with Crippen molar-refractivity contribution in [1.29, 1.82) is 0 Å². The van der Waals surface area contributed by atoms with Crippen molar-refractivity contribution in [3.8, 4) is 11.5 Å². The molecule has 3 aliphatic heterocycles. The Hall–Kier alpha value is -6.70. The normalized spacial score (nSPS) is 24.7. The van der Waals surface area contributed by atoms with Gasteiger partial charge in [0.2, 0.25) is 11.8 Å². The number of phenols is 2. The third-order valence-electron chi connectivity index (χ3n) is 11.0. The molecule has 19 nitrogen and oxygen atoms in total. The third-order valence-corrected chi connectivity index (χ3v) is 11.0. The first-order chi connectivity index (χ1) is 29.9. The van der Waals surface area contributed by atoms with E-state index in [4.69, 9.17) is 24.7 Å². The molecule has 1 fully saturated rings. The first-order valence-corrected chi connectivity index (χ1v) is 20.2. The molecule has 6 atom stereocenters. The number of aliphatic hydroxyl groups is 1. The van der Waals surface area contributed by atoms with Gasteiger partial charge in [-0.25, -0.2) is 9.59 Å². The van der Waals surface area contributed by atoms with Crippen molar-refractivity contribution >= 4 is 59.0 Å². The number of methoxy groups -OCH3 is 2. The Balaban J connectivity index is 1.36. The second-order valence-electron chi connectivity index (χ2n) is 15.5. The number of aromatic hydroxyl groups is 2. The van der Waals surface area contributed by atoms with Crippen molar-refractivity contribution in [2.75, 3.05) is 43.3 Å². The van der Waals surface area contributed by atoms with Gasteiger partial charge in [0, 0.05) is 73.7 Å². The number of anilines is 3. The molecular weight excluding hydrogens is 821 g/mol. The van der Waals surface area contributed by atoms with Crippen molar-refractivity contribution < 1.29 is 63.0 Å². The van der Waals surface area contributed by atoms with Crippen LogP contribution in [-0.4, -0.2) is 114 Å². The smallest absolute Gasteiger partial charge is 0.411 e.